The summed E-state index contributed by atoms with van der Waals surface area (Å²) >= 11 is 0. The summed E-state index contributed by atoms with van der Waals surface area (Å²) in [6.45, 7) is 0.180. The van der Waals surface area contributed by atoms with E-state index in [-0.39, 0.29) is 42.4 Å². The molecule has 1 aromatic carbocycles. The van der Waals surface area contributed by atoms with Crippen LogP contribution in [0.5, 0.6) is 0 Å². The van der Waals surface area contributed by atoms with E-state index in [9.17, 15) is 22.8 Å². The number of benzene rings is 1. The number of rotatable bonds is 8. The average Bonchev–Trinajstić information content (AvgIpc) is 3.36. The Bertz CT molecular complexity index is 936. The molecule has 1 amide bonds. The van der Waals surface area contributed by atoms with Gasteiger partial charge in [-0.3, -0.25) is 14.3 Å². The quantitative estimate of drug-likeness (QED) is 0.583. The third-order valence-corrected chi connectivity index (χ3v) is 5.42. The van der Waals surface area contributed by atoms with Gasteiger partial charge in [0.2, 0.25) is 0 Å². The summed E-state index contributed by atoms with van der Waals surface area (Å²) < 4.78 is 42.3. The van der Waals surface area contributed by atoms with E-state index in [0.29, 0.717) is 0 Å². The molecule has 3 rings (SSSR count). The number of alkyl halides is 3. The summed E-state index contributed by atoms with van der Waals surface area (Å²) in [6.07, 6.45) is -1.22. The predicted octanol–water partition coefficient (Wildman–Crippen LogP) is 3.61. The minimum Gasteiger partial charge on any atom is -0.481 e. The van der Waals surface area contributed by atoms with Crippen LogP contribution in [0.25, 0.3) is 11.3 Å². The molecule has 1 aliphatic rings. The number of nitrogens with one attached hydrogen (secondary N) is 1. The van der Waals surface area contributed by atoms with Gasteiger partial charge in [0.15, 0.2) is 5.69 Å². The van der Waals surface area contributed by atoms with Crippen molar-refractivity contribution >= 4 is 11.9 Å². The first-order chi connectivity index (χ1) is 14.7. The number of carbonyl (C=O) groups excluding carboxylic acids is 1. The lowest BCUT2D eigenvalue weighted by molar-refractivity contribution is -0.138. The highest BCUT2D eigenvalue weighted by Gasteiger charge is 2.35. The van der Waals surface area contributed by atoms with Crippen LogP contribution in [-0.2, 0) is 11.0 Å². The fraction of sp³-hybridized carbons (Fsp3) is 0.476. The van der Waals surface area contributed by atoms with Crippen molar-refractivity contribution in [1.29, 1.82) is 0 Å². The zero-order valence-electron chi connectivity index (χ0n) is 16.9. The van der Waals surface area contributed by atoms with E-state index in [1.807, 2.05) is 0 Å². The van der Waals surface area contributed by atoms with Crippen LogP contribution in [0.4, 0.5) is 13.2 Å². The Labute approximate surface area is 177 Å². The maximum atomic E-state index is 13.6. The molecule has 31 heavy (non-hydrogen) atoms. The van der Waals surface area contributed by atoms with Gasteiger partial charge in [-0.05, 0) is 37.9 Å². The molecule has 0 aliphatic heterocycles. The fourth-order valence-corrected chi connectivity index (χ4v) is 3.98. The molecular weight excluding hydrogens is 413 g/mol. The monoisotopic (exact) mass is 438 g/mol. The molecule has 1 aromatic heterocycles. The van der Waals surface area contributed by atoms with Gasteiger partial charge in [-0.25, -0.2) is 0 Å². The molecule has 10 heteroatoms. The number of amides is 1. The number of hydrogen-bond acceptors (Lipinski definition) is 4. The van der Waals surface area contributed by atoms with Crippen LogP contribution in [0.15, 0.2) is 30.3 Å². The molecule has 0 unspecified atom stereocenters. The van der Waals surface area contributed by atoms with Crippen molar-refractivity contribution in [3.8, 4) is 11.3 Å². The summed E-state index contributed by atoms with van der Waals surface area (Å²) in [5, 5.41) is 16.0. The molecular formula is C21H25F3N4O3. The lowest BCUT2D eigenvalue weighted by Crippen LogP contribution is -2.38. The maximum Gasteiger partial charge on any atom is 0.417 e. The van der Waals surface area contributed by atoms with Gasteiger partial charge in [0.25, 0.3) is 5.91 Å². The van der Waals surface area contributed by atoms with Crippen LogP contribution >= 0.6 is 0 Å². The third-order valence-electron chi connectivity index (χ3n) is 5.42. The van der Waals surface area contributed by atoms with Crippen molar-refractivity contribution in [2.45, 2.75) is 56.8 Å². The molecule has 1 heterocycles. The highest BCUT2D eigenvalue weighted by molar-refractivity contribution is 5.94. The SMILES string of the molecule is NCC[C@@H](CC(=O)O)NC(=O)c1cc(-c2ccccc2C(F)(F)F)n(C2CCCC2)n1. The first kappa shape index (κ1) is 22.8. The Morgan fingerprint density at radius 1 is 1.26 bits per heavy atom. The van der Waals surface area contributed by atoms with Gasteiger partial charge >= 0.3 is 12.1 Å². The number of halogens is 3. The molecule has 0 bridgehead atoms. The number of nitrogens with two attached hydrogens (primary N) is 1. The number of aliphatic carboxylic acids is 1. The highest BCUT2D eigenvalue weighted by atomic mass is 19.4. The van der Waals surface area contributed by atoms with Crippen LogP contribution in [-0.4, -0.2) is 39.4 Å². The lowest BCUT2D eigenvalue weighted by Gasteiger charge is -2.17. The van der Waals surface area contributed by atoms with Gasteiger partial charge in [-0.2, -0.15) is 18.3 Å². The zero-order chi connectivity index (χ0) is 22.6. The van der Waals surface area contributed by atoms with Crippen molar-refractivity contribution in [3.63, 3.8) is 0 Å². The summed E-state index contributed by atoms with van der Waals surface area (Å²) in [5.74, 6) is -1.72. The normalized spacial score (nSPS) is 15.7. The molecule has 1 saturated carbocycles. The Hall–Kier alpha value is -2.88. The number of aromatic nitrogens is 2. The second-order valence-electron chi connectivity index (χ2n) is 7.69. The predicted molar refractivity (Wildman–Crippen MR) is 107 cm³/mol. The topological polar surface area (TPSA) is 110 Å². The molecule has 7 nitrogen and oxygen atoms in total. The molecule has 0 radical (unpaired) electrons. The summed E-state index contributed by atoms with van der Waals surface area (Å²) in [4.78, 5) is 23.8. The van der Waals surface area contributed by atoms with E-state index in [1.165, 1.54) is 28.9 Å². The van der Waals surface area contributed by atoms with Crippen LogP contribution in [0.1, 0.15) is 60.6 Å². The zero-order valence-corrected chi connectivity index (χ0v) is 16.9. The van der Waals surface area contributed by atoms with Gasteiger partial charge in [-0.15, -0.1) is 0 Å². The minimum atomic E-state index is -4.56. The molecule has 1 aliphatic carbocycles. The first-order valence-corrected chi connectivity index (χ1v) is 10.2. The number of carboxylic acids is 1. The number of carbonyl (C=O) groups is 2. The largest absolute Gasteiger partial charge is 0.481 e. The van der Waals surface area contributed by atoms with Gasteiger partial charge < -0.3 is 16.2 Å². The van der Waals surface area contributed by atoms with E-state index in [4.69, 9.17) is 10.8 Å². The maximum absolute atomic E-state index is 13.6. The molecule has 0 spiro atoms. The summed E-state index contributed by atoms with van der Waals surface area (Å²) in [6, 6.07) is 5.76. The minimum absolute atomic E-state index is 0.0440. The van der Waals surface area contributed by atoms with Gasteiger partial charge in [0, 0.05) is 11.6 Å². The molecule has 0 saturated heterocycles. The lowest BCUT2D eigenvalue weighted by atomic mass is 10.0. The molecule has 2 aromatic rings. The van der Waals surface area contributed by atoms with Crippen molar-refractivity contribution in [2.75, 3.05) is 6.54 Å². The fourth-order valence-electron chi connectivity index (χ4n) is 3.98. The Kier molecular flexibility index (Phi) is 6.99. The van der Waals surface area contributed by atoms with Gasteiger partial charge in [0.05, 0.1) is 23.7 Å². The molecule has 1 fully saturated rings. The standard InChI is InChI=1S/C21H25F3N4O3/c22-21(23,24)16-8-4-3-7-15(16)18-12-17(27-28(18)14-5-1-2-6-14)20(31)26-13(9-10-25)11-19(29)30/h3-4,7-8,12-14H,1-2,5-6,9-11,25H2,(H,26,31)(H,29,30)/t13-/m0/s1. The Morgan fingerprint density at radius 2 is 1.94 bits per heavy atom. The van der Waals surface area contributed by atoms with Crippen molar-refractivity contribution < 1.29 is 27.9 Å². The van der Waals surface area contributed by atoms with Crippen molar-refractivity contribution in [3.05, 3.63) is 41.6 Å². The smallest absolute Gasteiger partial charge is 0.417 e. The number of carboxylic acid groups (broad SMARTS) is 1. The summed E-state index contributed by atoms with van der Waals surface area (Å²) in [5.41, 5.74) is 4.82. The van der Waals surface area contributed by atoms with Gasteiger partial charge in [-0.1, -0.05) is 31.0 Å². The van der Waals surface area contributed by atoms with E-state index in [0.717, 1.165) is 31.7 Å². The van der Waals surface area contributed by atoms with Crippen molar-refractivity contribution in [2.24, 2.45) is 5.73 Å². The van der Waals surface area contributed by atoms with Crippen LogP contribution < -0.4 is 11.1 Å². The Morgan fingerprint density at radius 3 is 2.55 bits per heavy atom. The average molecular weight is 438 g/mol. The Balaban J connectivity index is 2.00. The van der Waals surface area contributed by atoms with E-state index in [2.05, 4.69) is 10.4 Å². The summed E-state index contributed by atoms with van der Waals surface area (Å²) in [7, 11) is 0. The van der Waals surface area contributed by atoms with Crippen molar-refractivity contribution in [1.82, 2.24) is 15.1 Å². The van der Waals surface area contributed by atoms with E-state index >= 15 is 0 Å². The van der Waals surface area contributed by atoms with E-state index in [1.54, 1.807) is 0 Å². The molecule has 168 valence electrons. The number of hydrogen-bond donors (Lipinski definition) is 3. The number of nitrogens with zero attached hydrogens (tertiary/aromatic N) is 2. The molecule has 4 N–H and O–H groups in total. The first-order valence-electron chi connectivity index (χ1n) is 10.2. The second kappa shape index (κ2) is 9.51. The second-order valence-corrected chi connectivity index (χ2v) is 7.69. The van der Waals surface area contributed by atoms with E-state index < -0.39 is 29.7 Å². The third kappa shape index (κ3) is 5.43. The van der Waals surface area contributed by atoms with Crippen LogP contribution in [0.2, 0.25) is 0 Å². The van der Waals surface area contributed by atoms with Gasteiger partial charge in [0.1, 0.15) is 0 Å². The highest BCUT2D eigenvalue weighted by Crippen LogP contribution is 2.40. The van der Waals surface area contributed by atoms with Crippen LogP contribution in [0.3, 0.4) is 0 Å². The van der Waals surface area contributed by atoms with Crippen LogP contribution in [0, 0.1) is 0 Å². The molecule has 1 atom stereocenters.